The van der Waals surface area contributed by atoms with Crippen LogP contribution in [0.3, 0.4) is 0 Å². The molecule has 1 aliphatic heterocycles. The van der Waals surface area contributed by atoms with Crippen LogP contribution in [0.25, 0.3) is 0 Å². The Morgan fingerprint density at radius 1 is 1.15 bits per heavy atom. The van der Waals surface area contributed by atoms with E-state index in [-0.39, 0.29) is 17.9 Å². The van der Waals surface area contributed by atoms with Crippen molar-refractivity contribution in [3.63, 3.8) is 0 Å². The van der Waals surface area contributed by atoms with Crippen molar-refractivity contribution in [2.45, 2.75) is 39.2 Å². The molecule has 0 bridgehead atoms. The van der Waals surface area contributed by atoms with E-state index in [2.05, 4.69) is 29.4 Å². The van der Waals surface area contributed by atoms with Gasteiger partial charge in [-0.2, -0.15) is 0 Å². The minimum Gasteiger partial charge on any atom is -0.381 e. The molecule has 1 fully saturated rings. The van der Waals surface area contributed by atoms with Crippen LogP contribution in [0.5, 0.6) is 0 Å². The van der Waals surface area contributed by atoms with E-state index < -0.39 is 0 Å². The van der Waals surface area contributed by atoms with Gasteiger partial charge in [0.05, 0.1) is 13.2 Å². The van der Waals surface area contributed by atoms with Gasteiger partial charge in [-0.1, -0.05) is 32.0 Å². The third-order valence-electron chi connectivity index (χ3n) is 4.30. The van der Waals surface area contributed by atoms with E-state index in [0.29, 0.717) is 32.1 Å². The number of anilines is 1. The fraction of sp³-hybridized carbons (Fsp3) is 0.600. The summed E-state index contributed by atoms with van der Waals surface area (Å²) in [6.07, 6.45) is 2.15. The van der Waals surface area contributed by atoms with E-state index in [1.54, 1.807) is 0 Å². The normalized spacial score (nSPS) is 15.8. The number of piperidine rings is 1. The zero-order valence-corrected chi connectivity index (χ0v) is 15.9. The largest absolute Gasteiger partial charge is 0.381 e. The molecule has 6 nitrogen and oxygen atoms in total. The smallest absolute Gasteiger partial charge is 0.238 e. The van der Waals surface area contributed by atoms with Crippen LogP contribution in [0, 0.1) is 5.92 Å². The maximum absolute atomic E-state index is 12.1. The number of carbonyl (C=O) groups is 2. The zero-order chi connectivity index (χ0) is 18.8. The maximum atomic E-state index is 12.1. The number of benzene rings is 1. The van der Waals surface area contributed by atoms with Crippen LogP contribution >= 0.6 is 0 Å². The Balaban J connectivity index is 1.59. The van der Waals surface area contributed by atoms with E-state index in [1.807, 2.05) is 30.3 Å². The molecule has 2 N–H and O–H groups in total. The van der Waals surface area contributed by atoms with Crippen molar-refractivity contribution >= 4 is 17.5 Å². The number of amides is 2. The highest BCUT2D eigenvalue weighted by Crippen LogP contribution is 2.11. The van der Waals surface area contributed by atoms with E-state index in [0.717, 1.165) is 31.6 Å². The number of rotatable bonds is 9. The minimum atomic E-state index is 0.000914. The number of para-hydroxylation sites is 1. The lowest BCUT2D eigenvalue weighted by atomic mass is 10.0. The van der Waals surface area contributed by atoms with Crippen LogP contribution in [0.4, 0.5) is 5.69 Å². The van der Waals surface area contributed by atoms with Crippen molar-refractivity contribution in [2.24, 2.45) is 5.92 Å². The predicted molar refractivity (Wildman–Crippen MR) is 103 cm³/mol. The van der Waals surface area contributed by atoms with Gasteiger partial charge in [0.15, 0.2) is 0 Å². The average molecular weight is 361 g/mol. The van der Waals surface area contributed by atoms with Gasteiger partial charge >= 0.3 is 0 Å². The Hall–Kier alpha value is -1.92. The lowest BCUT2D eigenvalue weighted by molar-refractivity contribution is -0.123. The maximum Gasteiger partial charge on any atom is 0.238 e. The first-order chi connectivity index (χ1) is 12.5. The molecule has 1 saturated heterocycles. The van der Waals surface area contributed by atoms with E-state index in [1.165, 1.54) is 0 Å². The van der Waals surface area contributed by atoms with Crippen molar-refractivity contribution in [1.29, 1.82) is 0 Å². The summed E-state index contributed by atoms with van der Waals surface area (Å²) in [4.78, 5) is 26.2. The molecule has 1 aromatic carbocycles. The van der Waals surface area contributed by atoms with Crippen LogP contribution in [0.15, 0.2) is 30.3 Å². The Morgan fingerprint density at radius 2 is 1.85 bits per heavy atom. The first-order valence-corrected chi connectivity index (χ1v) is 9.47. The SMILES string of the molecule is CC(C)COCCC(=O)NC1CCN(CC(=O)Nc2ccccc2)CC1. The van der Waals surface area contributed by atoms with E-state index in [4.69, 9.17) is 4.74 Å². The molecule has 0 spiro atoms. The summed E-state index contributed by atoms with van der Waals surface area (Å²) in [5.74, 6) is 0.538. The molecule has 0 unspecified atom stereocenters. The number of likely N-dealkylation sites (tertiary alicyclic amines) is 1. The number of nitrogens with one attached hydrogen (secondary N) is 2. The van der Waals surface area contributed by atoms with Crippen LogP contribution in [-0.2, 0) is 14.3 Å². The Morgan fingerprint density at radius 3 is 2.50 bits per heavy atom. The first kappa shape index (κ1) is 20.4. The summed E-state index contributed by atoms with van der Waals surface area (Å²) >= 11 is 0. The summed E-state index contributed by atoms with van der Waals surface area (Å²) in [5.41, 5.74) is 0.819. The van der Waals surface area contributed by atoms with Gasteiger partial charge in [0.2, 0.25) is 11.8 Å². The Labute approximate surface area is 156 Å². The zero-order valence-electron chi connectivity index (χ0n) is 15.9. The van der Waals surface area contributed by atoms with Gasteiger partial charge < -0.3 is 15.4 Å². The molecular formula is C20H31N3O3. The van der Waals surface area contributed by atoms with Gasteiger partial charge in [-0.25, -0.2) is 0 Å². The van der Waals surface area contributed by atoms with Crippen molar-refractivity contribution in [1.82, 2.24) is 10.2 Å². The molecule has 26 heavy (non-hydrogen) atoms. The molecule has 2 amide bonds. The molecule has 0 aromatic heterocycles. The molecule has 0 atom stereocenters. The minimum absolute atomic E-state index is 0.000914. The second-order valence-corrected chi connectivity index (χ2v) is 7.25. The van der Waals surface area contributed by atoms with Gasteiger partial charge in [-0.15, -0.1) is 0 Å². The van der Waals surface area contributed by atoms with Gasteiger partial charge in [0.1, 0.15) is 0 Å². The second kappa shape index (κ2) is 10.9. The third-order valence-corrected chi connectivity index (χ3v) is 4.30. The van der Waals surface area contributed by atoms with Crippen molar-refractivity contribution in [3.8, 4) is 0 Å². The molecule has 1 aromatic rings. The number of hydrogen-bond acceptors (Lipinski definition) is 4. The topological polar surface area (TPSA) is 70.7 Å². The van der Waals surface area contributed by atoms with Crippen LogP contribution in [0.2, 0.25) is 0 Å². The quantitative estimate of drug-likeness (QED) is 0.662. The second-order valence-electron chi connectivity index (χ2n) is 7.25. The summed E-state index contributed by atoms with van der Waals surface area (Å²) in [6, 6.07) is 9.68. The molecule has 2 rings (SSSR count). The third kappa shape index (κ3) is 7.97. The molecular weight excluding hydrogens is 330 g/mol. The van der Waals surface area contributed by atoms with Gasteiger partial charge in [0.25, 0.3) is 0 Å². The van der Waals surface area contributed by atoms with Gasteiger partial charge in [0, 0.05) is 37.8 Å². The Kier molecular flexibility index (Phi) is 8.58. The van der Waals surface area contributed by atoms with Crippen molar-refractivity contribution in [3.05, 3.63) is 30.3 Å². The lowest BCUT2D eigenvalue weighted by Gasteiger charge is -2.31. The lowest BCUT2D eigenvalue weighted by Crippen LogP contribution is -2.46. The fourth-order valence-electron chi connectivity index (χ4n) is 2.94. The summed E-state index contributed by atoms with van der Waals surface area (Å²) < 4.78 is 5.45. The fourth-order valence-corrected chi connectivity index (χ4v) is 2.94. The van der Waals surface area contributed by atoms with Gasteiger partial charge in [-0.3, -0.25) is 14.5 Å². The van der Waals surface area contributed by atoms with E-state index >= 15 is 0 Å². The number of hydrogen-bond donors (Lipinski definition) is 2. The van der Waals surface area contributed by atoms with Crippen LogP contribution in [0.1, 0.15) is 33.1 Å². The molecule has 0 saturated carbocycles. The highest BCUT2D eigenvalue weighted by atomic mass is 16.5. The van der Waals surface area contributed by atoms with Crippen LogP contribution in [-0.4, -0.2) is 55.6 Å². The molecule has 6 heteroatoms. The highest BCUT2D eigenvalue weighted by Gasteiger charge is 2.22. The van der Waals surface area contributed by atoms with Crippen LogP contribution < -0.4 is 10.6 Å². The monoisotopic (exact) mass is 361 g/mol. The molecule has 144 valence electrons. The van der Waals surface area contributed by atoms with E-state index in [9.17, 15) is 9.59 Å². The summed E-state index contributed by atoms with van der Waals surface area (Å²) in [6.45, 7) is 7.37. The first-order valence-electron chi connectivity index (χ1n) is 9.47. The number of carbonyl (C=O) groups excluding carboxylic acids is 2. The average Bonchev–Trinajstić information content (AvgIpc) is 2.61. The Bertz CT molecular complexity index is 555. The van der Waals surface area contributed by atoms with Crippen molar-refractivity contribution < 1.29 is 14.3 Å². The molecule has 1 aliphatic rings. The number of nitrogens with zero attached hydrogens (tertiary/aromatic N) is 1. The summed E-state index contributed by atoms with van der Waals surface area (Å²) in [5, 5.41) is 5.98. The van der Waals surface area contributed by atoms with Crippen molar-refractivity contribution in [2.75, 3.05) is 38.2 Å². The molecule has 0 radical (unpaired) electrons. The predicted octanol–water partition coefficient (Wildman–Crippen LogP) is 2.27. The standard InChI is InChI=1S/C20H31N3O3/c1-16(2)15-26-13-10-19(24)21-18-8-11-23(12-9-18)14-20(25)22-17-6-4-3-5-7-17/h3-7,16,18H,8-15H2,1-2H3,(H,21,24)(H,22,25). The molecule has 1 heterocycles. The highest BCUT2D eigenvalue weighted by molar-refractivity contribution is 5.92. The van der Waals surface area contributed by atoms with Gasteiger partial charge in [-0.05, 0) is 30.9 Å². The molecule has 0 aliphatic carbocycles. The number of ether oxygens (including phenoxy) is 1. The summed E-state index contributed by atoms with van der Waals surface area (Å²) in [7, 11) is 0.